The monoisotopic (exact) mass is 221 g/mol. The zero-order valence-electron chi connectivity index (χ0n) is 9.90. The molecule has 0 saturated heterocycles. The van der Waals surface area contributed by atoms with E-state index in [2.05, 4.69) is 66.8 Å². The second kappa shape index (κ2) is 4.10. The molecule has 0 unspecified atom stereocenters. The summed E-state index contributed by atoms with van der Waals surface area (Å²) < 4.78 is 0. The highest BCUT2D eigenvalue weighted by Crippen LogP contribution is 2.29. The van der Waals surface area contributed by atoms with E-state index in [1.165, 1.54) is 27.2 Å². The highest BCUT2D eigenvalue weighted by molar-refractivity contribution is 6.11. The molecule has 0 aliphatic rings. The van der Waals surface area contributed by atoms with Gasteiger partial charge in [0.1, 0.15) is 0 Å². The molecule has 0 radical (unpaired) electrons. The molecule has 0 aromatic heterocycles. The Bertz CT molecular complexity index is 670. The molecule has 0 heterocycles. The third-order valence-corrected chi connectivity index (χ3v) is 3.15. The Labute approximate surface area is 101 Å². The lowest BCUT2D eigenvalue weighted by Crippen LogP contribution is -1.96. The molecule has 0 amide bonds. The van der Waals surface area contributed by atoms with Crippen LogP contribution in [0.3, 0.4) is 0 Å². The van der Waals surface area contributed by atoms with E-state index < -0.39 is 0 Å². The van der Waals surface area contributed by atoms with Crippen molar-refractivity contribution in [2.24, 2.45) is 0 Å². The number of anilines is 1. The van der Waals surface area contributed by atoms with Crippen LogP contribution in [0.15, 0.2) is 54.6 Å². The van der Waals surface area contributed by atoms with Crippen LogP contribution in [-0.2, 0) is 0 Å². The number of benzene rings is 3. The van der Waals surface area contributed by atoms with Crippen molar-refractivity contribution in [1.82, 2.24) is 0 Å². The first-order valence-corrected chi connectivity index (χ1v) is 6.04. The van der Waals surface area contributed by atoms with Crippen molar-refractivity contribution in [2.75, 3.05) is 11.9 Å². The van der Waals surface area contributed by atoms with E-state index in [0.717, 1.165) is 6.54 Å². The molecule has 0 fully saturated rings. The third kappa shape index (κ3) is 1.64. The number of rotatable bonds is 2. The van der Waals surface area contributed by atoms with Crippen molar-refractivity contribution in [2.45, 2.75) is 6.92 Å². The van der Waals surface area contributed by atoms with Gasteiger partial charge in [0.2, 0.25) is 0 Å². The van der Waals surface area contributed by atoms with Crippen LogP contribution in [0.5, 0.6) is 0 Å². The fraction of sp³-hybridized carbons (Fsp3) is 0.125. The summed E-state index contributed by atoms with van der Waals surface area (Å²) in [6, 6.07) is 19.4. The summed E-state index contributed by atoms with van der Waals surface area (Å²) >= 11 is 0. The lowest BCUT2D eigenvalue weighted by molar-refractivity contribution is 1.22. The summed E-state index contributed by atoms with van der Waals surface area (Å²) in [5.41, 5.74) is 1.22. The van der Waals surface area contributed by atoms with Crippen molar-refractivity contribution in [1.29, 1.82) is 0 Å². The van der Waals surface area contributed by atoms with E-state index in [1.54, 1.807) is 0 Å². The number of hydrogen-bond donors (Lipinski definition) is 1. The Morgan fingerprint density at radius 3 is 2.47 bits per heavy atom. The van der Waals surface area contributed by atoms with Crippen LogP contribution in [-0.4, -0.2) is 6.54 Å². The molecule has 0 spiro atoms. The molecule has 1 N–H and O–H groups in total. The molecular formula is C16H15N. The second-order valence-electron chi connectivity index (χ2n) is 4.22. The lowest BCUT2D eigenvalue weighted by atomic mass is 10.0. The minimum Gasteiger partial charge on any atom is -0.385 e. The molecule has 84 valence electrons. The van der Waals surface area contributed by atoms with Crippen molar-refractivity contribution in [3.63, 3.8) is 0 Å². The molecule has 17 heavy (non-hydrogen) atoms. The number of fused-ring (bicyclic) bond motifs is 3. The highest BCUT2D eigenvalue weighted by atomic mass is 14.9. The second-order valence-corrected chi connectivity index (χ2v) is 4.22. The normalized spacial score (nSPS) is 10.9. The van der Waals surface area contributed by atoms with Gasteiger partial charge in [-0.25, -0.2) is 0 Å². The Morgan fingerprint density at radius 1 is 0.765 bits per heavy atom. The summed E-state index contributed by atoms with van der Waals surface area (Å²) in [5, 5.41) is 8.66. The maximum Gasteiger partial charge on any atom is 0.0419 e. The predicted molar refractivity (Wildman–Crippen MR) is 75.6 cm³/mol. The van der Waals surface area contributed by atoms with Gasteiger partial charge in [-0.15, -0.1) is 0 Å². The Morgan fingerprint density at radius 2 is 1.59 bits per heavy atom. The largest absolute Gasteiger partial charge is 0.385 e. The molecular weight excluding hydrogens is 206 g/mol. The van der Waals surface area contributed by atoms with Crippen LogP contribution in [0.1, 0.15) is 6.92 Å². The molecule has 3 rings (SSSR count). The molecule has 3 aromatic carbocycles. The van der Waals surface area contributed by atoms with Crippen LogP contribution in [0, 0.1) is 0 Å². The Hall–Kier alpha value is -2.02. The summed E-state index contributed by atoms with van der Waals surface area (Å²) in [6.07, 6.45) is 0. The Kier molecular flexibility index (Phi) is 2.45. The van der Waals surface area contributed by atoms with Crippen LogP contribution in [0.4, 0.5) is 5.69 Å². The third-order valence-electron chi connectivity index (χ3n) is 3.15. The zero-order chi connectivity index (χ0) is 11.7. The van der Waals surface area contributed by atoms with E-state index in [0.29, 0.717) is 0 Å². The van der Waals surface area contributed by atoms with Crippen molar-refractivity contribution in [3.8, 4) is 0 Å². The van der Waals surface area contributed by atoms with E-state index >= 15 is 0 Å². The molecule has 1 nitrogen and oxygen atoms in total. The summed E-state index contributed by atoms with van der Waals surface area (Å²) in [7, 11) is 0. The minimum absolute atomic E-state index is 0.950. The fourth-order valence-electron chi connectivity index (χ4n) is 2.38. The van der Waals surface area contributed by atoms with E-state index in [4.69, 9.17) is 0 Å². The zero-order valence-corrected chi connectivity index (χ0v) is 9.90. The summed E-state index contributed by atoms with van der Waals surface area (Å²) in [4.78, 5) is 0. The molecule has 1 heteroatoms. The van der Waals surface area contributed by atoms with Gasteiger partial charge in [-0.1, -0.05) is 48.5 Å². The molecule has 0 saturated carbocycles. The smallest absolute Gasteiger partial charge is 0.0419 e. The molecule has 3 aromatic rings. The van der Waals surface area contributed by atoms with Gasteiger partial charge in [-0.2, -0.15) is 0 Å². The van der Waals surface area contributed by atoms with Gasteiger partial charge in [0.05, 0.1) is 0 Å². The molecule has 0 aliphatic carbocycles. The highest BCUT2D eigenvalue weighted by Gasteiger charge is 2.02. The lowest BCUT2D eigenvalue weighted by Gasteiger charge is -2.09. The van der Waals surface area contributed by atoms with Crippen LogP contribution < -0.4 is 5.32 Å². The van der Waals surface area contributed by atoms with Gasteiger partial charge in [0, 0.05) is 17.6 Å². The standard InChI is InChI=1S/C16H15N/c1-2-17-16-9-5-8-14-13-7-4-3-6-12(13)10-11-15(14)16/h3-11,17H,2H2,1H3. The summed E-state index contributed by atoms with van der Waals surface area (Å²) in [6.45, 7) is 3.08. The minimum atomic E-state index is 0.950. The van der Waals surface area contributed by atoms with Crippen LogP contribution >= 0.6 is 0 Å². The number of hydrogen-bond acceptors (Lipinski definition) is 1. The quantitative estimate of drug-likeness (QED) is 0.631. The first kappa shape index (κ1) is 10.2. The van der Waals surface area contributed by atoms with Crippen LogP contribution in [0.25, 0.3) is 21.5 Å². The topological polar surface area (TPSA) is 12.0 Å². The molecule has 0 aliphatic heterocycles. The first-order valence-electron chi connectivity index (χ1n) is 6.04. The average Bonchev–Trinajstić information content (AvgIpc) is 2.39. The van der Waals surface area contributed by atoms with Gasteiger partial charge < -0.3 is 5.32 Å². The van der Waals surface area contributed by atoms with Crippen LogP contribution in [0.2, 0.25) is 0 Å². The maximum atomic E-state index is 3.42. The first-order chi connectivity index (χ1) is 8.40. The maximum absolute atomic E-state index is 3.42. The van der Waals surface area contributed by atoms with Gasteiger partial charge in [0.25, 0.3) is 0 Å². The van der Waals surface area contributed by atoms with Gasteiger partial charge >= 0.3 is 0 Å². The molecule has 0 bridgehead atoms. The van der Waals surface area contributed by atoms with Gasteiger partial charge in [-0.3, -0.25) is 0 Å². The van der Waals surface area contributed by atoms with E-state index in [9.17, 15) is 0 Å². The Balaban J connectivity index is 2.40. The van der Waals surface area contributed by atoms with Gasteiger partial charge in [-0.05, 0) is 29.1 Å². The fourth-order valence-corrected chi connectivity index (χ4v) is 2.38. The van der Waals surface area contributed by atoms with Crippen molar-refractivity contribution < 1.29 is 0 Å². The summed E-state index contributed by atoms with van der Waals surface area (Å²) in [5.74, 6) is 0. The van der Waals surface area contributed by atoms with Crippen molar-refractivity contribution in [3.05, 3.63) is 54.6 Å². The van der Waals surface area contributed by atoms with Crippen molar-refractivity contribution >= 4 is 27.2 Å². The van der Waals surface area contributed by atoms with Gasteiger partial charge in [0.15, 0.2) is 0 Å². The van der Waals surface area contributed by atoms with E-state index in [1.807, 2.05) is 0 Å². The number of nitrogens with one attached hydrogen (secondary N) is 1. The molecule has 0 atom stereocenters. The average molecular weight is 221 g/mol. The van der Waals surface area contributed by atoms with E-state index in [-0.39, 0.29) is 0 Å². The predicted octanol–water partition coefficient (Wildman–Crippen LogP) is 4.42. The SMILES string of the molecule is CCNc1cccc2c1ccc1ccccc12.